The molecule has 0 amide bonds. The van der Waals surface area contributed by atoms with Gasteiger partial charge >= 0.3 is 0 Å². The van der Waals surface area contributed by atoms with Gasteiger partial charge in [0.25, 0.3) is 11.7 Å². The molecule has 0 saturated carbocycles. The normalized spacial score (nSPS) is 14.8. The molecule has 0 radical (unpaired) electrons. The van der Waals surface area contributed by atoms with Gasteiger partial charge < -0.3 is 0 Å². The van der Waals surface area contributed by atoms with Gasteiger partial charge in [-0.1, -0.05) is 116 Å². The molecule has 7 aromatic rings. The SMILES string of the molecule is CC1(C)c2ccccc2-c2cc3c(cc21)c1cc(-c2ccccc2)ccc1n3[N+]1=C(c2ccccc2)N=C1c1ccccc1. The smallest absolute Gasteiger partial charge is 0.198 e. The number of benzene rings is 6. The van der Waals surface area contributed by atoms with Gasteiger partial charge in [0.1, 0.15) is 0 Å². The molecule has 1 aliphatic carbocycles. The second-order valence-corrected chi connectivity index (χ2v) is 12.3. The van der Waals surface area contributed by atoms with Crippen molar-refractivity contribution in [3.63, 3.8) is 0 Å². The van der Waals surface area contributed by atoms with E-state index in [9.17, 15) is 0 Å². The Bertz CT molecular complexity index is 2320. The van der Waals surface area contributed by atoms with Crippen molar-refractivity contribution in [1.29, 1.82) is 0 Å². The van der Waals surface area contributed by atoms with Gasteiger partial charge in [0.2, 0.25) is 0 Å². The molecule has 3 nitrogen and oxygen atoms in total. The van der Waals surface area contributed by atoms with Crippen LogP contribution in [0.3, 0.4) is 0 Å². The molecular formula is C41H30N3+. The van der Waals surface area contributed by atoms with E-state index in [-0.39, 0.29) is 5.41 Å². The fourth-order valence-corrected chi connectivity index (χ4v) is 7.21. The Morgan fingerprint density at radius 3 is 1.84 bits per heavy atom. The van der Waals surface area contributed by atoms with Crippen LogP contribution < -0.4 is 0 Å². The van der Waals surface area contributed by atoms with Crippen LogP contribution in [0.4, 0.5) is 0 Å². The molecule has 2 heterocycles. The summed E-state index contributed by atoms with van der Waals surface area (Å²) >= 11 is 0. The van der Waals surface area contributed by atoms with Crippen molar-refractivity contribution in [2.75, 3.05) is 0 Å². The average Bonchev–Trinajstić information content (AvgIpc) is 3.49. The minimum Gasteiger partial charge on any atom is -0.198 e. The van der Waals surface area contributed by atoms with Crippen LogP contribution in [0.1, 0.15) is 36.1 Å². The standard InChI is InChI=1S/C41H30N3/c1-41(2)35-21-13-12-20-31(35)32-26-38-34(25-36(32)41)33-24-30(27-14-6-3-7-15-27)22-23-37(33)43(38)44-39(28-16-8-4-9-17-28)42-40(44)29-18-10-5-11-19-29/h3-26H,1-2H3/q+1. The first-order chi connectivity index (χ1) is 21.6. The third-order valence-corrected chi connectivity index (χ3v) is 9.43. The molecule has 0 unspecified atom stereocenters. The number of aromatic nitrogens is 1. The summed E-state index contributed by atoms with van der Waals surface area (Å²) in [7, 11) is 0. The van der Waals surface area contributed by atoms with E-state index in [0.29, 0.717) is 0 Å². The number of aliphatic imine (C=N–C) groups is 1. The van der Waals surface area contributed by atoms with E-state index < -0.39 is 0 Å². The molecule has 0 atom stereocenters. The monoisotopic (exact) mass is 564 g/mol. The molecule has 3 heteroatoms. The summed E-state index contributed by atoms with van der Waals surface area (Å²) in [6, 6.07) is 52.4. The van der Waals surface area contributed by atoms with Gasteiger partial charge in [-0.05, 0) is 81.9 Å². The van der Waals surface area contributed by atoms with Crippen LogP contribution in [0.5, 0.6) is 0 Å². The van der Waals surface area contributed by atoms with Crippen LogP contribution in [-0.4, -0.2) is 21.0 Å². The van der Waals surface area contributed by atoms with Crippen LogP contribution in [0.25, 0.3) is 44.1 Å². The van der Waals surface area contributed by atoms with Gasteiger partial charge in [-0.2, -0.15) is 4.68 Å². The van der Waals surface area contributed by atoms with Crippen molar-refractivity contribution in [1.82, 2.24) is 4.68 Å². The maximum atomic E-state index is 5.15. The Hall–Kier alpha value is -5.54. The van der Waals surface area contributed by atoms with Crippen molar-refractivity contribution >= 4 is 33.5 Å². The van der Waals surface area contributed by atoms with E-state index in [2.05, 4.69) is 169 Å². The molecule has 2 aliphatic rings. The highest BCUT2D eigenvalue weighted by molar-refractivity contribution is 6.17. The summed E-state index contributed by atoms with van der Waals surface area (Å²) in [4.78, 5) is 5.15. The zero-order valence-corrected chi connectivity index (χ0v) is 24.7. The zero-order valence-electron chi connectivity index (χ0n) is 24.7. The second kappa shape index (κ2) is 9.23. The predicted octanol–water partition coefficient (Wildman–Crippen LogP) is 9.45. The molecule has 0 bridgehead atoms. The number of nitrogens with zero attached hydrogens (tertiary/aromatic N) is 3. The number of fused-ring (bicyclic) bond motifs is 6. The molecule has 0 saturated heterocycles. The molecule has 1 aromatic heterocycles. The van der Waals surface area contributed by atoms with Crippen molar-refractivity contribution in [3.05, 3.63) is 168 Å². The molecule has 208 valence electrons. The van der Waals surface area contributed by atoms with Gasteiger partial charge in [0, 0.05) is 16.2 Å². The van der Waals surface area contributed by atoms with Gasteiger partial charge in [-0.15, -0.1) is 4.68 Å². The molecule has 6 aromatic carbocycles. The van der Waals surface area contributed by atoms with Crippen LogP contribution in [0, 0.1) is 0 Å². The Balaban J connectivity index is 1.39. The summed E-state index contributed by atoms with van der Waals surface area (Å²) in [6.45, 7) is 4.71. The van der Waals surface area contributed by atoms with Crippen molar-refractivity contribution in [2.45, 2.75) is 19.3 Å². The van der Waals surface area contributed by atoms with Crippen LogP contribution in [0.2, 0.25) is 0 Å². The average molecular weight is 565 g/mol. The zero-order chi connectivity index (χ0) is 29.4. The Morgan fingerprint density at radius 2 is 1.11 bits per heavy atom. The Kier molecular flexibility index (Phi) is 5.24. The molecule has 0 N–H and O–H groups in total. The third-order valence-electron chi connectivity index (χ3n) is 9.43. The molecule has 0 spiro atoms. The summed E-state index contributed by atoms with van der Waals surface area (Å²) in [5.74, 6) is 1.88. The number of rotatable bonds is 4. The minimum absolute atomic E-state index is 0.0830. The first kappa shape index (κ1) is 25.0. The van der Waals surface area contributed by atoms with Gasteiger partial charge in [-0.25, -0.2) is 0 Å². The molecular weight excluding hydrogens is 534 g/mol. The largest absolute Gasteiger partial charge is 0.296 e. The van der Waals surface area contributed by atoms with Crippen LogP contribution in [-0.2, 0) is 5.41 Å². The Morgan fingerprint density at radius 1 is 0.500 bits per heavy atom. The summed E-state index contributed by atoms with van der Waals surface area (Å²) in [5, 5.41) is 2.49. The molecule has 0 fully saturated rings. The van der Waals surface area contributed by atoms with E-state index in [1.54, 1.807) is 0 Å². The first-order valence-corrected chi connectivity index (χ1v) is 15.2. The van der Waals surface area contributed by atoms with E-state index in [0.717, 1.165) is 28.3 Å². The predicted molar refractivity (Wildman–Crippen MR) is 182 cm³/mol. The topological polar surface area (TPSA) is 20.3 Å². The lowest BCUT2D eigenvalue weighted by atomic mass is 9.82. The van der Waals surface area contributed by atoms with Crippen molar-refractivity contribution in [3.8, 4) is 22.3 Å². The van der Waals surface area contributed by atoms with E-state index in [1.807, 2.05) is 0 Å². The van der Waals surface area contributed by atoms with Gasteiger partial charge in [0.05, 0.1) is 22.2 Å². The van der Waals surface area contributed by atoms with E-state index >= 15 is 0 Å². The number of amidine groups is 2. The van der Waals surface area contributed by atoms with Gasteiger partial charge in [0.15, 0.2) is 0 Å². The van der Waals surface area contributed by atoms with E-state index in [1.165, 1.54) is 49.7 Å². The summed E-state index contributed by atoms with van der Waals surface area (Å²) < 4.78 is 4.71. The number of hydrogen-bond acceptors (Lipinski definition) is 1. The lowest BCUT2D eigenvalue weighted by molar-refractivity contribution is -0.475. The quantitative estimate of drug-likeness (QED) is 0.190. The minimum atomic E-state index is -0.0830. The van der Waals surface area contributed by atoms with E-state index in [4.69, 9.17) is 4.99 Å². The highest BCUT2D eigenvalue weighted by Crippen LogP contribution is 2.51. The van der Waals surface area contributed by atoms with Crippen LogP contribution >= 0.6 is 0 Å². The summed E-state index contributed by atoms with van der Waals surface area (Å²) in [6.07, 6.45) is 0. The lowest BCUT2D eigenvalue weighted by Gasteiger charge is -2.22. The third kappa shape index (κ3) is 3.50. The first-order valence-electron chi connectivity index (χ1n) is 15.2. The highest BCUT2D eigenvalue weighted by atomic mass is 15.6. The lowest BCUT2D eigenvalue weighted by Crippen LogP contribution is -2.41. The fraction of sp³-hybridized carbons (Fsp3) is 0.0732. The molecule has 1 aliphatic heterocycles. The fourth-order valence-electron chi connectivity index (χ4n) is 7.21. The van der Waals surface area contributed by atoms with Crippen molar-refractivity contribution in [2.24, 2.45) is 4.99 Å². The van der Waals surface area contributed by atoms with Gasteiger partial charge in [-0.3, -0.25) is 0 Å². The Labute approximate surface area is 256 Å². The maximum Gasteiger partial charge on any atom is 0.296 e. The van der Waals surface area contributed by atoms with Crippen LogP contribution in [0.15, 0.2) is 151 Å². The molecule has 9 rings (SSSR count). The second-order valence-electron chi connectivity index (χ2n) is 12.3. The highest BCUT2D eigenvalue weighted by Gasteiger charge is 2.39. The summed E-state index contributed by atoms with van der Waals surface area (Å²) in [5.41, 5.74) is 12.3. The van der Waals surface area contributed by atoms with Crippen molar-refractivity contribution < 1.29 is 4.68 Å². The maximum absolute atomic E-state index is 5.15. The molecule has 44 heavy (non-hydrogen) atoms. The number of hydrogen-bond donors (Lipinski definition) is 0.